The first-order chi connectivity index (χ1) is 12.0. The van der Waals surface area contributed by atoms with Gasteiger partial charge in [-0.15, -0.1) is 0 Å². The zero-order chi connectivity index (χ0) is 17.8. The summed E-state index contributed by atoms with van der Waals surface area (Å²) in [5.74, 6) is 0.203. The molecule has 0 heterocycles. The van der Waals surface area contributed by atoms with Gasteiger partial charge in [-0.3, -0.25) is 9.69 Å². The molecule has 0 aromatic heterocycles. The van der Waals surface area contributed by atoms with E-state index in [0.717, 1.165) is 18.5 Å². The minimum Gasteiger partial charge on any atom is -0.325 e. The van der Waals surface area contributed by atoms with Gasteiger partial charge in [0.15, 0.2) is 0 Å². The molecule has 3 rings (SSSR count). The highest BCUT2D eigenvalue weighted by molar-refractivity contribution is 5.92. The van der Waals surface area contributed by atoms with Crippen molar-refractivity contribution < 1.29 is 9.18 Å². The Hall–Kier alpha value is -2.20. The molecular weight excluding hydrogens is 315 g/mol. The second kappa shape index (κ2) is 7.79. The van der Waals surface area contributed by atoms with Gasteiger partial charge in [-0.2, -0.15) is 0 Å². The highest BCUT2D eigenvalue weighted by Gasteiger charge is 2.30. The molecule has 25 heavy (non-hydrogen) atoms. The second-order valence-electron chi connectivity index (χ2n) is 7.05. The number of carbonyl (C=O) groups is 1. The predicted molar refractivity (Wildman–Crippen MR) is 99.0 cm³/mol. The first kappa shape index (κ1) is 17.6. The molecule has 1 N–H and O–H groups in total. The highest BCUT2D eigenvalue weighted by atomic mass is 19.1. The van der Waals surface area contributed by atoms with E-state index >= 15 is 0 Å². The Bertz CT molecular complexity index is 723. The van der Waals surface area contributed by atoms with Gasteiger partial charge in [0, 0.05) is 23.8 Å². The fourth-order valence-electron chi connectivity index (χ4n) is 2.94. The number of anilines is 1. The zero-order valence-electron chi connectivity index (χ0n) is 14.8. The second-order valence-corrected chi connectivity index (χ2v) is 7.05. The predicted octanol–water partition coefficient (Wildman–Crippen LogP) is 4.55. The quantitative estimate of drug-likeness (QED) is 0.802. The van der Waals surface area contributed by atoms with Gasteiger partial charge in [0.2, 0.25) is 5.91 Å². The number of carbonyl (C=O) groups excluding carboxylic acids is 1. The Morgan fingerprint density at radius 3 is 2.44 bits per heavy atom. The lowest BCUT2D eigenvalue weighted by Gasteiger charge is -2.22. The smallest absolute Gasteiger partial charge is 0.238 e. The number of hydrogen-bond acceptors (Lipinski definition) is 2. The third-order valence-electron chi connectivity index (χ3n) is 4.60. The Balaban J connectivity index is 1.60. The number of nitrogens with zero attached hydrogens (tertiary/aromatic N) is 1. The van der Waals surface area contributed by atoms with Gasteiger partial charge in [-0.05, 0) is 42.5 Å². The molecule has 0 radical (unpaired) electrons. The third-order valence-corrected chi connectivity index (χ3v) is 4.60. The van der Waals surface area contributed by atoms with Crippen molar-refractivity contribution in [3.8, 4) is 0 Å². The summed E-state index contributed by atoms with van der Waals surface area (Å²) in [5.41, 5.74) is 2.69. The fraction of sp³-hybridized carbons (Fsp3) is 0.381. The van der Waals surface area contributed by atoms with Crippen molar-refractivity contribution in [1.29, 1.82) is 0 Å². The van der Waals surface area contributed by atoms with Crippen molar-refractivity contribution >= 4 is 11.6 Å². The summed E-state index contributed by atoms with van der Waals surface area (Å²) in [6.45, 7) is 5.04. The van der Waals surface area contributed by atoms with Crippen molar-refractivity contribution in [3.05, 3.63) is 65.5 Å². The van der Waals surface area contributed by atoms with Gasteiger partial charge in [-0.1, -0.05) is 44.2 Å². The molecule has 0 spiro atoms. The Morgan fingerprint density at radius 2 is 1.84 bits per heavy atom. The van der Waals surface area contributed by atoms with E-state index in [4.69, 9.17) is 0 Å². The van der Waals surface area contributed by atoms with Crippen LogP contribution >= 0.6 is 0 Å². The van der Waals surface area contributed by atoms with Gasteiger partial charge in [0.05, 0.1) is 6.54 Å². The number of benzene rings is 2. The molecule has 132 valence electrons. The molecule has 3 nitrogen and oxygen atoms in total. The van der Waals surface area contributed by atoms with Crippen molar-refractivity contribution in [2.24, 2.45) is 0 Å². The Morgan fingerprint density at radius 1 is 1.16 bits per heavy atom. The molecular formula is C21H25FN2O. The summed E-state index contributed by atoms with van der Waals surface area (Å²) >= 11 is 0. The maximum atomic E-state index is 13.9. The van der Waals surface area contributed by atoms with Gasteiger partial charge < -0.3 is 5.32 Å². The molecule has 0 unspecified atom stereocenters. The molecule has 1 aliphatic rings. The molecule has 0 bridgehead atoms. The van der Waals surface area contributed by atoms with E-state index < -0.39 is 0 Å². The molecule has 1 amide bonds. The maximum absolute atomic E-state index is 13.9. The van der Waals surface area contributed by atoms with Crippen LogP contribution in [0.5, 0.6) is 0 Å². The molecule has 1 fully saturated rings. The number of hydrogen-bond donors (Lipinski definition) is 1. The SMILES string of the molecule is CC(C)c1ccc(NC(=O)CN(Cc2ccccc2F)C2CC2)cc1. The van der Waals surface area contributed by atoms with Crippen molar-refractivity contribution in [2.45, 2.75) is 45.2 Å². The van der Waals surface area contributed by atoms with Crippen LogP contribution in [0.1, 0.15) is 43.7 Å². The normalized spacial score (nSPS) is 14.1. The summed E-state index contributed by atoms with van der Waals surface area (Å²) in [6.07, 6.45) is 2.15. The standard InChI is InChI=1S/C21H25FN2O/c1-15(2)16-7-9-18(10-8-16)23-21(25)14-24(19-11-12-19)13-17-5-3-4-6-20(17)22/h3-10,15,19H,11-14H2,1-2H3,(H,23,25). The van der Waals surface area contributed by atoms with Crippen molar-refractivity contribution in [2.75, 3.05) is 11.9 Å². The maximum Gasteiger partial charge on any atom is 0.238 e. The van der Waals surface area contributed by atoms with E-state index in [9.17, 15) is 9.18 Å². The van der Waals surface area contributed by atoms with E-state index in [2.05, 4.69) is 24.1 Å². The lowest BCUT2D eigenvalue weighted by atomic mass is 10.0. The lowest BCUT2D eigenvalue weighted by molar-refractivity contribution is -0.117. The summed E-state index contributed by atoms with van der Waals surface area (Å²) < 4.78 is 13.9. The first-order valence-corrected chi connectivity index (χ1v) is 8.90. The zero-order valence-corrected chi connectivity index (χ0v) is 14.8. The fourth-order valence-corrected chi connectivity index (χ4v) is 2.94. The van der Waals surface area contributed by atoms with E-state index in [-0.39, 0.29) is 18.3 Å². The lowest BCUT2D eigenvalue weighted by Crippen LogP contribution is -2.34. The summed E-state index contributed by atoms with van der Waals surface area (Å²) in [6, 6.07) is 15.1. The summed E-state index contributed by atoms with van der Waals surface area (Å²) in [4.78, 5) is 14.5. The van der Waals surface area contributed by atoms with E-state index in [0.29, 0.717) is 24.1 Å². The molecule has 2 aromatic carbocycles. The summed E-state index contributed by atoms with van der Waals surface area (Å²) in [7, 11) is 0. The van der Waals surface area contributed by atoms with Crippen molar-refractivity contribution in [3.63, 3.8) is 0 Å². The van der Waals surface area contributed by atoms with Gasteiger partial charge in [-0.25, -0.2) is 4.39 Å². The van der Waals surface area contributed by atoms with Crippen LogP contribution in [0.15, 0.2) is 48.5 Å². The molecule has 1 saturated carbocycles. The Labute approximate surface area is 148 Å². The molecule has 4 heteroatoms. The van der Waals surface area contributed by atoms with E-state index in [1.165, 1.54) is 11.6 Å². The number of nitrogens with one attached hydrogen (secondary N) is 1. The molecule has 1 aliphatic carbocycles. The van der Waals surface area contributed by atoms with Gasteiger partial charge in [0.25, 0.3) is 0 Å². The highest BCUT2D eigenvalue weighted by Crippen LogP contribution is 2.28. The van der Waals surface area contributed by atoms with Gasteiger partial charge in [0.1, 0.15) is 5.82 Å². The number of rotatable bonds is 7. The minimum absolute atomic E-state index is 0.0551. The van der Waals surface area contributed by atoms with Crippen LogP contribution in [0.25, 0.3) is 0 Å². The van der Waals surface area contributed by atoms with Crippen LogP contribution in [0.3, 0.4) is 0 Å². The minimum atomic E-state index is -0.210. The van der Waals surface area contributed by atoms with E-state index in [1.807, 2.05) is 30.3 Å². The first-order valence-electron chi connectivity index (χ1n) is 8.90. The van der Waals surface area contributed by atoms with E-state index in [1.54, 1.807) is 12.1 Å². The van der Waals surface area contributed by atoms with Crippen LogP contribution in [0.2, 0.25) is 0 Å². The van der Waals surface area contributed by atoms with Crippen molar-refractivity contribution in [1.82, 2.24) is 4.90 Å². The van der Waals surface area contributed by atoms with Crippen LogP contribution in [0, 0.1) is 5.82 Å². The largest absolute Gasteiger partial charge is 0.325 e. The number of amides is 1. The molecule has 0 atom stereocenters. The number of halogens is 1. The summed E-state index contributed by atoms with van der Waals surface area (Å²) in [5, 5.41) is 2.95. The molecule has 0 saturated heterocycles. The average molecular weight is 340 g/mol. The van der Waals surface area contributed by atoms with Crippen LogP contribution in [-0.2, 0) is 11.3 Å². The monoisotopic (exact) mass is 340 g/mol. The molecule has 0 aliphatic heterocycles. The average Bonchev–Trinajstić information content (AvgIpc) is 3.41. The van der Waals surface area contributed by atoms with Gasteiger partial charge >= 0.3 is 0 Å². The van der Waals surface area contributed by atoms with Crippen LogP contribution in [0.4, 0.5) is 10.1 Å². The topological polar surface area (TPSA) is 32.3 Å². The Kier molecular flexibility index (Phi) is 5.49. The van der Waals surface area contributed by atoms with Crippen LogP contribution in [-0.4, -0.2) is 23.4 Å². The molecule has 2 aromatic rings. The third kappa shape index (κ3) is 4.89. The van der Waals surface area contributed by atoms with Crippen LogP contribution < -0.4 is 5.32 Å².